The average molecular weight is 472 g/mol. The fourth-order valence-electron chi connectivity index (χ4n) is 2.22. The van der Waals surface area contributed by atoms with Crippen LogP contribution in [0.3, 0.4) is 0 Å². The van der Waals surface area contributed by atoms with Crippen LogP contribution in [0.15, 0.2) is 46.8 Å². The van der Waals surface area contributed by atoms with Crippen LogP contribution in [0.2, 0.25) is 0 Å². The highest BCUT2D eigenvalue weighted by Crippen LogP contribution is 2.07. The van der Waals surface area contributed by atoms with Crippen molar-refractivity contribution < 1.29 is 4.79 Å². The summed E-state index contributed by atoms with van der Waals surface area (Å²) in [5.74, 6) is 0.692. The van der Waals surface area contributed by atoms with E-state index in [4.69, 9.17) is 0 Å². The number of guanidine groups is 1. The predicted octanol–water partition coefficient (Wildman–Crippen LogP) is 2.81. The van der Waals surface area contributed by atoms with Gasteiger partial charge in [0.05, 0.1) is 0 Å². The molecule has 1 heterocycles. The molecule has 0 bridgehead atoms. The van der Waals surface area contributed by atoms with Gasteiger partial charge in [0.1, 0.15) is 0 Å². The number of rotatable bonds is 7. The standard InChI is InChI=1S/C18H24N4OS.HI/c1-14-5-3-6-15(13-14)17(23)20-10-11-22-18(19-2)21-9-8-16-7-4-12-24-16;/h3-7,12-13H,8-11H2,1-2H3,(H,20,23)(H2,19,21,22);1H. The number of nitrogens with zero attached hydrogens (tertiary/aromatic N) is 1. The van der Waals surface area contributed by atoms with Crippen molar-refractivity contribution in [3.63, 3.8) is 0 Å². The Labute approximate surface area is 170 Å². The van der Waals surface area contributed by atoms with Gasteiger partial charge in [-0.15, -0.1) is 35.3 Å². The van der Waals surface area contributed by atoms with Crippen LogP contribution in [-0.4, -0.2) is 38.5 Å². The van der Waals surface area contributed by atoms with E-state index in [1.165, 1.54) is 4.88 Å². The monoisotopic (exact) mass is 472 g/mol. The lowest BCUT2D eigenvalue weighted by molar-refractivity contribution is 0.0954. The SMILES string of the molecule is CN=C(NCCNC(=O)c1cccc(C)c1)NCCc1cccs1.I. The minimum Gasteiger partial charge on any atom is -0.356 e. The van der Waals surface area contributed by atoms with Crippen molar-refractivity contribution in [2.24, 2.45) is 4.99 Å². The zero-order valence-electron chi connectivity index (χ0n) is 14.5. The Balaban J connectivity index is 0.00000312. The van der Waals surface area contributed by atoms with Gasteiger partial charge in [-0.25, -0.2) is 0 Å². The van der Waals surface area contributed by atoms with Crippen molar-refractivity contribution in [1.29, 1.82) is 0 Å². The first-order chi connectivity index (χ1) is 11.7. The first-order valence-corrected chi connectivity index (χ1v) is 8.89. The molecule has 1 aromatic carbocycles. The van der Waals surface area contributed by atoms with Gasteiger partial charge in [-0.1, -0.05) is 23.8 Å². The van der Waals surface area contributed by atoms with E-state index in [2.05, 4.69) is 38.5 Å². The second-order valence-corrected chi connectivity index (χ2v) is 6.41. The molecular weight excluding hydrogens is 447 g/mol. The van der Waals surface area contributed by atoms with Crippen LogP contribution in [-0.2, 0) is 6.42 Å². The molecule has 5 nitrogen and oxygen atoms in total. The van der Waals surface area contributed by atoms with Crippen molar-refractivity contribution in [3.8, 4) is 0 Å². The lowest BCUT2D eigenvalue weighted by atomic mass is 10.1. The molecule has 2 rings (SSSR count). The highest BCUT2D eigenvalue weighted by molar-refractivity contribution is 14.0. The molecule has 0 saturated carbocycles. The molecule has 25 heavy (non-hydrogen) atoms. The van der Waals surface area contributed by atoms with E-state index in [0.717, 1.165) is 24.5 Å². The van der Waals surface area contributed by atoms with Gasteiger partial charge in [0.2, 0.25) is 0 Å². The topological polar surface area (TPSA) is 65.5 Å². The van der Waals surface area contributed by atoms with Crippen molar-refractivity contribution in [2.45, 2.75) is 13.3 Å². The van der Waals surface area contributed by atoms with Crippen LogP contribution >= 0.6 is 35.3 Å². The Bertz CT molecular complexity index is 673. The molecule has 2 aromatic rings. The van der Waals surface area contributed by atoms with E-state index < -0.39 is 0 Å². The van der Waals surface area contributed by atoms with E-state index >= 15 is 0 Å². The van der Waals surface area contributed by atoms with Crippen molar-refractivity contribution in [2.75, 3.05) is 26.7 Å². The Hall–Kier alpha value is -1.61. The van der Waals surface area contributed by atoms with Gasteiger partial charge in [-0.05, 0) is 36.9 Å². The Morgan fingerprint density at radius 1 is 1.08 bits per heavy atom. The van der Waals surface area contributed by atoms with Crippen LogP contribution in [0.4, 0.5) is 0 Å². The van der Waals surface area contributed by atoms with E-state index in [9.17, 15) is 4.79 Å². The van der Waals surface area contributed by atoms with Crippen molar-refractivity contribution >= 4 is 47.2 Å². The van der Waals surface area contributed by atoms with Crippen molar-refractivity contribution in [1.82, 2.24) is 16.0 Å². The molecule has 1 amide bonds. The minimum absolute atomic E-state index is 0. The van der Waals surface area contributed by atoms with Gasteiger partial charge in [-0.3, -0.25) is 9.79 Å². The summed E-state index contributed by atoms with van der Waals surface area (Å²) in [6.07, 6.45) is 0.975. The largest absolute Gasteiger partial charge is 0.356 e. The lowest BCUT2D eigenvalue weighted by Gasteiger charge is -2.12. The second-order valence-electron chi connectivity index (χ2n) is 5.38. The molecular formula is C18H25IN4OS. The number of aryl methyl sites for hydroxylation is 1. The minimum atomic E-state index is -0.0545. The fourth-order valence-corrected chi connectivity index (χ4v) is 2.93. The third kappa shape index (κ3) is 7.87. The van der Waals surface area contributed by atoms with Crippen LogP contribution in [0.5, 0.6) is 0 Å². The van der Waals surface area contributed by atoms with Gasteiger partial charge in [0, 0.05) is 37.1 Å². The predicted molar refractivity (Wildman–Crippen MR) is 116 cm³/mol. The number of halogens is 1. The summed E-state index contributed by atoms with van der Waals surface area (Å²) < 4.78 is 0. The van der Waals surface area contributed by atoms with Crippen LogP contribution in [0.25, 0.3) is 0 Å². The quantitative estimate of drug-likeness (QED) is 0.251. The maximum absolute atomic E-state index is 12.0. The maximum Gasteiger partial charge on any atom is 0.251 e. The molecule has 0 spiro atoms. The third-order valence-corrected chi connectivity index (χ3v) is 4.39. The molecule has 0 aliphatic heterocycles. The molecule has 1 aromatic heterocycles. The summed E-state index contributed by atoms with van der Waals surface area (Å²) in [6, 6.07) is 11.8. The van der Waals surface area contributed by atoms with E-state index in [0.29, 0.717) is 18.7 Å². The number of thiophene rings is 1. The molecule has 7 heteroatoms. The first-order valence-electron chi connectivity index (χ1n) is 8.01. The van der Waals surface area contributed by atoms with Gasteiger partial charge < -0.3 is 16.0 Å². The summed E-state index contributed by atoms with van der Waals surface area (Å²) in [7, 11) is 1.74. The molecule has 0 radical (unpaired) electrons. The number of aliphatic imine (C=N–C) groups is 1. The molecule has 0 atom stereocenters. The number of hydrogen-bond acceptors (Lipinski definition) is 3. The van der Waals surface area contributed by atoms with E-state index in [-0.39, 0.29) is 29.9 Å². The fraction of sp³-hybridized carbons (Fsp3) is 0.333. The molecule has 0 unspecified atom stereocenters. The molecule has 0 fully saturated rings. The maximum atomic E-state index is 12.0. The number of carbonyl (C=O) groups is 1. The highest BCUT2D eigenvalue weighted by Gasteiger charge is 2.04. The first kappa shape index (κ1) is 21.4. The Morgan fingerprint density at radius 3 is 2.52 bits per heavy atom. The third-order valence-electron chi connectivity index (χ3n) is 3.45. The number of benzene rings is 1. The van der Waals surface area contributed by atoms with Gasteiger partial charge >= 0.3 is 0 Å². The van der Waals surface area contributed by atoms with E-state index in [1.807, 2.05) is 31.2 Å². The smallest absolute Gasteiger partial charge is 0.251 e. The Morgan fingerprint density at radius 2 is 1.84 bits per heavy atom. The van der Waals surface area contributed by atoms with Crippen LogP contribution < -0.4 is 16.0 Å². The summed E-state index contributed by atoms with van der Waals surface area (Å²) in [4.78, 5) is 17.6. The second kappa shape index (κ2) is 11.9. The van der Waals surface area contributed by atoms with Crippen molar-refractivity contribution in [3.05, 3.63) is 57.8 Å². The van der Waals surface area contributed by atoms with Gasteiger partial charge in [0.15, 0.2) is 5.96 Å². The normalized spacial score (nSPS) is 10.7. The number of nitrogens with one attached hydrogen (secondary N) is 3. The highest BCUT2D eigenvalue weighted by atomic mass is 127. The summed E-state index contributed by atoms with van der Waals surface area (Å²) in [5.41, 5.74) is 1.77. The number of carbonyl (C=O) groups excluding carboxylic acids is 1. The molecule has 0 aliphatic carbocycles. The zero-order valence-corrected chi connectivity index (χ0v) is 17.7. The van der Waals surface area contributed by atoms with Gasteiger partial charge in [0.25, 0.3) is 5.91 Å². The Kier molecular flexibility index (Phi) is 10.2. The molecule has 136 valence electrons. The molecule has 0 saturated heterocycles. The number of hydrogen-bond donors (Lipinski definition) is 3. The molecule has 0 aliphatic rings. The zero-order chi connectivity index (χ0) is 17.2. The van der Waals surface area contributed by atoms with E-state index in [1.54, 1.807) is 18.4 Å². The summed E-state index contributed by atoms with van der Waals surface area (Å²) in [6.45, 7) is 3.97. The van der Waals surface area contributed by atoms with Crippen LogP contribution in [0.1, 0.15) is 20.8 Å². The van der Waals surface area contributed by atoms with Gasteiger partial charge in [-0.2, -0.15) is 0 Å². The summed E-state index contributed by atoms with van der Waals surface area (Å²) >= 11 is 1.76. The average Bonchev–Trinajstić information content (AvgIpc) is 3.10. The number of amides is 1. The lowest BCUT2D eigenvalue weighted by Crippen LogP contribution is -2.42. The van der Waals surface area contributed by atoms with Crippen LogP contribution in [0, 0.1) is 6.92 Å². The molecule has 3 N–H and O–H groups in total. The summed E-state index contributed by atoms with van der Waals surface area (Å²) in [5, 5.41) is 11.4.